The third-order valence-corrected chi connectivity index (χ3v) is 7.91. The predicted octanol–water partition coefficient (Wildman–Crippen LogP) is 5.48. The summed E-state index contributed by atoms with van der Waals surface area (Å²) in [5, 5.41) is 0. The summed E-state index contributed by atoms with van der Waals surface area (Å²) in [5.74, 6) is -0.779. The number of anilines is 1. The van der Waals surface area contributed by atoms with Gasteiger partial charge in [0, 0.05) is 32.7 Å². The van der Waals surface area contributed by atoms with Crippen molar-refractivity contribution < 1.29 is 17.6 Å². The van der Waals surface area contributed by atoms with E-state index in [1.807, 2.05) is 60.7 Å². The Kier molecular flexibility index (Phi) is 8.55. The molecule has 6 nitrogen and oxygen atoms in total. The molecule has 0 fully saturated rings. The van der Waals surface area contributed by atoms with Crippen LogP contribution in [0.3, 0.4) is 0 Å². The van der Waals surface area contributed by atoms with Crippen molar-refractivity contribution in [3.05, 3.63) is 137 Å². The van der Waals surface area contributed by atoms with Crippen molar-refractivity contribution in [2.75, 3.05) is 18.4 Å². The molecule has 4 aromatic rings. The summed E-state index contributed by atoms with van der Waals surface area (Å²) < 4.78 is 42.7. The number of carbonyl (C=O) groups is 1. The molecular formula is C30H30FN3O3S. The molecule has 4 aromatic carbocycles. The van der Waals surface area contributed by atoms with Crippen LogP contribution in [0.1, 0.15) is 27.0 Å². The molecule has 0 heterocycles. The zero-order valence-electron chi connectivity index (χ0n) is 21.4. The minimum Gasteiger partial charge on any atom is -0.330 e. The van der Waals surface area contributed by atoms with Crippen LogP contribution in [0, 0.1) is 5.82 Å². The van der Waals surface area contributed by atoms with Crippen molar-refractivity contribution in [2.45, 2.75) is 19.6 Å². The number of rotatable bonds is 10. The van der Waals surface area contributed by atoms with Gasteiger partial charge in [-0.1, -0.05) is 84.9 Å². The maximum atomic E-state index is 14.6. The van der Waals surface area contributed by atoms with Crippen LogP contribution in [0.25, 0.3) is 0 Å². The first-order valence-corrected chi connectivity index (χ1v) is 13.6. The first kappa shape index (κ1) is 27.0. The Morgan fingerprint density at radius 1 is 0.658 bits per heavy atom. The van der Waals surface area contributed by atoms with Gasteiger partial charge >= 0.3 is 10.2 Å². The van der Waals surface area contributed by atoms with E-state index in [1.165, 1.54) is 32.3 Å². The highest BCUT2D eigenvalue weighted by molar-refractivity contribution is 7.90. The maximum Gasteiger partial charge on any atom is 0.303 e. The van der Waals surface area contributed by atoms with Crippen molar-refractivity contribution in [1.29, 1.82) is 0 Å². The molecule has 1 amide bonds. The molecule has 0 aliphatic heterocycles. The molecule has 0 aliphatic carbocycles. The lowest BCUT2D eigenvalue weighted by molar-refractivity contribution is 0.0730. The number of nitrogens with zero attached hydrogens (tertiary/aromatic N) is 3. The van der Waals surface area contributed by atoms with Crippen LogP contribution >= 0.6 is 0 Å². The fourth-order valence-corrected chi connectivity index (χ4v) is 5.15. The molecule has 0 bridgehead atoms. The van der Waals surface area contributed by atoms with Gasteiger partial charge in [-0.05, 0) is 41.0 Å². The summed E-state index contributed by atoms with van der Waals surface area (Å²) >= 11 is 0. The molecule has 0 atom stereocenters. The van der Waals surface area contributed by atoms with Crippen LogP contribution in [0.4, 0.5) is 10.1 Å². The first-order valence-electron chi connectivity index (χ1n) is 12.2. The Hall–Kier alpha value is -4.01. The van der Waals surface area contributed by atoms with Crippen LogP contribution in [0.2, 0.25) is 0 Å². The van der Waals surface area contributed by atoms with E-state index in [1.54, 1.807) is 35.2 Å². The first-order chi connectivity index (χ1) is 18.3. The zero-order valence-corrected chi connectivity index (χ0v) is 22.2. The van der Waals surface area contributed by atoms with E-state index in [-0.39, 0.29) is 18.1 Å². The van der Waals surface area contributed by atoms with Crippen LogP contribution < -0.4 is 4.31 Å². The highest BCUT2D eigenvalue weighted by atomic mass is 32.2. The number of hydrogen-bond donors (Lipinski definition) is 0. The smallest absolute Gasteiger partial charge is 0.303 e. The van der Waals surface area contributed by atoms with E-state index in [0.717, 1.165) is 19.7 Å². The van der Waals surface area contributed by atoms with E-state index >= 15 is 0 Å². The summed E-state index contributed by atoms with van der Waals surface area (Å²) in [6.07, 6.45) is 0. The van der Waals surface area contributed by atoms with E-state index in [0.29, 0.717) is 24.2 Å². The molecule has 0 aliphatic rings. The minimum atomic E-state index is -3.97. The summed E-state index contributed by atoms with van der Waals surface area (Å²) in [7, 11) is -1.17. The lowest BCUT2D eigenvalue weighted by Gasteiger charge is -2.28. The lowest BCUT2D eigenvalue weighted by atomic mass is 10.1. The van der Waals surface area contributed by atoms with E-state index in [4.69, 9.17) is 0 Å². The van der Waals surface area contributed by atoms with Crippen molar-refractivity contribution in [1.82, 2.24) is 9.21 Å². The lowest BCUT2D eigenvalue weighted by Crippen LogP contribution is -2.40. The summed E-state index contributed by atoms with van der Waals surface area (Å²) in [6, 6.07) is 32.1. The number of amides is 1. The number of halogens is 1. The van der Waals surface area contributed by atoms with Gasteiger partial charge in [0.25, 0.3) is 5.91 Å². The normalized spacial score (nSPS) is 11.4. The number of hydrogen-bond acceptors (Lipinski definition) is 3. The van der Waals surface area contributed by atoms with Gasteiger partial charge in [0.2, 0.25) is 0 Å². The van der Waals surface area contributed by atoms with E-state index < -0.39 is 16.0 Å². The molecule has 0 spiro atoms. The topological polar surface area (TPSA) is 60.9 Å². The van der Waals surface area contributed by atoms with Crippen molar-refractivity contribution in [2.24, 2.45) is 0 Å². The molecule has 0 N–H and O–H groups in total. The second-order valence-corrected chi connectivity index (χ2v) is 11.1. The molecule has 38 heavy (non-hydrogen) atoms. The van der Waals surface area contributed by atoms with Crippen LogP contribution in [-0.2, 0) is 29.8 Å². The Balaban J connectivity index is 1.59. The molecular weight excluding hydrogens is 501 g/mol. The Bertz CT molecular complexity index is 1420. The van der Waals surface area contributed by atoms with Gasteiger partial charge in [0.1, 0.15) is 5.82 Å². The highest BCUT2D eigenvalue weighted by Crippen LogP contribution is 2.26. The molecule has 0 unspecified atom stereocenters. The fourth-order valence-electron chi connectivity index (χ4n) is 4.05. The molecule has 0 radical (unpaired) electrons. The minimum absolute atomic E-state index is 0.0433. The molecule has 8 heteroatoms. The standard InChI is InChI=1S/C30H30FN3O3S/c1-32(2)38(36,37)34(29-16-10-9-15-28(29)31)23-26-17-19-27(20-18-26)30(35)33(21-24-11-5-3-6-12-24)22-25-13-7-4-8-14-25/h3-20H,21-23H2,1-2H3. The Morgan fingerprint density at radius 3 is 1.63 bits per heavy atom. The largest absolute Gasteiger partial charge is 0.330 e. The Labute approximate surface area is 223 Å². The SMILES string of the molecule is CN(C)S(=O)(=O)N(Cc1ccc(C(=O)N(Cc2ccccc2)Cc2ccccc2)cc1)c1ccccc1F. The van der Waals surface area contributed by atoms with Crippen molar-refractivity contribution in [3.8, 4) is 0 Å². The molecule has 4 rings (SSSR count). The van der Waals surface area contributed by atoms with Gasteiger partial charge in [-0.25, -0.2) is 4.39 Å². The summed E-state index contributed by atoms with van der Waals surface area (Å²) in [4.78, 5) is 15.3. The van der Waals surface area contributed by atoms with Gasteiger partial charge in [0.15, 0.2) is 0 Å². The monoisotopic (exact) mass is 531 g/mol. The average Bonchev–Trinajstić information content (AvgIpc) is 2.93. The van der Waals surface area contributed by atoms with Gasteiger partial charge in [-0.3, -0.25) is 9.10 Å². The number of benzene rings is 4. The van der Waals surface area contributed by atoms with E-state index in [2.05, 4.69) is 0 Å². The third kappa shape index (κ3) is 6.45. The average molecular weight is 532 g/mol. The number of carbonyl (C=O) groups excluding carboxylic acids is 1. The summed E-state index contributed by atoms with van der Waals surface area (Å²) in [5.41, 5.74) is 3.09. The second-order valence-electron chi connectivity index (χ2n) is 9.08. The van der Waals surface area contributed by atoms with Gasteiger partial charge in [-0.15, -0.1) is 0 Å². The Morgan fingerprint density at radius 2 is 1.13 bits per heavy atom. The van der Waals surface area contributed by atoms with E-state index in [9.17, 15) is 17.6 Å². The van der Waals surface area contributed by atoms with Gasteiger partial charge < -0.3 is 4.90 Å². The molecule has 0 aromatic heterocycles. The van der Waals surface area contributed by atoms with Gasteiger partial charge in [0.05, 0.1) is 12.2 Å². The zero-order chi connectivity index (χ0) is 27.1. The predicted molar refractivity (Wildman–Crippen MR) is 148 cm³/mol. The van der Waals surface area contributed by atoms with Crippen LogP contribution in [0.15, 0.2) is 109 Å². The fraction of sp³-hybridized carbons (Fsp3) is 0.167. The van der Waals surface area contributed by atoms with Crippen molar-refractivity contribution in [3.63, 3.8) is 0 Å². The molecule has 196 valence electrons. The summed E-state index contributed by atoms with van der Waals surface area (Å²) in [6.45, 7) is 0.796. The van der Waals surface area contributed by atoms with Crippen molar-refractivity contribution >= 4 is 21.8 Å². The second kappa shape index (κ2) is 12.0. The third-order valence-electron chi connectivity index (χ3n) is 6.11. The maximum absolute atomic E-state index is 14.6. The van der Waals surface area contributed by atoms with Crippen LogP contribution in [0.5, 0.6) is 0 Å². The molecule has 0 saturated carbocycles. The van der Waals surface area contributed by atoms with Gasteiger partial charge in [-0.2, -0.15) is 12.7 Å². The van der Waals surface area contributed by atoms with Crippen LogP contribution in [-0.4, -0.2) is 37.6 Å². The highest BCUT2D eigenvalue weighted by Gasteiger charge is 2.27. The molecule has 0 saturated heterocycles. The quantitative estimate of drug-likeness (QED) is 0.272. The number of para-hydroxylation sites is 1.